The quantitative estimate of drug-likeness (QED) is 0.552. The van der Waals surface area contributed by atoms with E-state index < -0.39 is 6.04 Å². The molecule has 4 amide bonds. The van der Waals surface area contributed by atoms with E-state index in [0.717, 1.165) is 19.6 Å². The lowest BCUT2D eigenvalue weighted by molar-refractivity contribution is -0.131. The summed E-state index contributed by atoms with van der Waals surface area (Å²) in [7, 11) is 0. The second-order valence-electron chi connectivity index (χ2n) is 8.13. The van der Waals surface area contributed by atoms with Crippen LogP contribution in [0.3, 0.4) is 0 Å². The SMILES string of the molecule is C=CCN1C(=O)N[C@H](c2ccccc2Cl)C2=C1CN(CC(=O)NCCN1CCOCC1)C2=O. The van der Waals surface area contributed by atoms with Crippen molar-refractivity contribution in [1.29, 1.82) is 0 Å². The van der Waals surface area contributed by atoms with Crippen LogP contribution in [0.4, 0.5) is 4.79 Å². The van der Waals surface area contributed by atoms with Crippen LogP contribution < -0.4 is 10.6 Å². The minimum atomic E-state index is -0.677. The Balaban J connectivity index is 1.46. The molecule has 4 rings (SSSR count). The molecule has 3 aliphatic heterocycles. The molecule has 1 saturated heterocycles. The number of benzene rings is 1. The number of urea groups is 1. The second-order valence-corrected chi connectivity index (χ2v) is 8.54. The summed E-state index contributed by atoms with van der Waals surface area (Å²) in [6.45, 7) is 8.39. The van der Waals surface area contributed by atoms with E-state index >= 15 is 0 Å². The van der Waals surface area contributed by atoms with Crippen LogP contribution in [-0.2, 0) is 14.3 Å². The lowest BCUT2D eigenvalue weighted by Crippen LogP contribution is -2.47. The van der Waals surface area contributed by atoms with Crippen molar-refractivity contribution in [3.63, 3.8) is 0 Å². The molecular weight excluding hydrogens is 446 g/mol. The number of carbonyl (C=O) groups is 3. The molecule has 0 saturated carbocycles. The Kier molecular flexibility index (Phi) is 7.32. The van der Waals surface area contributed by atoms with E-state index in [4.69, 9.17) is 16.3 Å². The van der Waals surface area contributed by atoms with Gasteiger partial charge in [-0.1, -0.05) is 35.9 Å². The molecule has 0 radical (unpaired) electrons. The molecule has 1 atom stereocenters. The number of carbonyl (C=O) groups excluding carboxylic acids is 3. The fraction of sp³-hybridized carbons (Fsp3) is 0.435. The highest BCUT2D eigenvalue weighted by atomic mass is 35.5. The van der Waals surface area contributed by atoms with Crippen LogP contribution >= 0.6 is 11.6 Å². The third kappa shape index (κ3) is 5.05. The molecule has 0 bridgehead atoms. The van der Waals surface area contributed by atoms with Crippen molar-refractivity contribution < 1.29 is 19.1 Å². The van der Waals surface area contributed by atoms with Gasteiger partial charge in [-0.2, -0.15) is 0 Å². The fourth-order valence-corrected chi connectivity index (χ4v) is 4.59. The van der Waals surface area contributed by atoms with Gasteiger partial charge in [0.25, 0.3) is 5.91 Å². The molecule has 9 nitrogen and oxygen atoms in total. The van der Waals surface area contributed by atoms with Crippen LogP contribution in [0.15, 0.2) is 48.2 Å². The van der Waals surface area contributed by atoms with E-state index in [2.05, 4.69) is 22.1 Å². The van der Waals surface area contributed by atoms with Gasteiger partial charge in [0.15, 0.2) is 0 Å². The Labute approximate surface area is 198 Å². The van der Waals surface area contributed by atoms with E-state index in [-0.39, 0.29) is 37.5 Å². The lowest BCUT2D eigenvalue weighted by atomic mass is 9.95. The molecule has 33 heavy (non-hydrogen) atoms. The Hall–Kier alpha value is -2.88. The molecule has 176 valence electrons. The van der Waals surface area contributed by atoms with Gasteiger partial charge in [-0.15, -0.1) is 6.58 Å². The maximum absolute atomic E-state index is 13.4. The lowest BCUT2D eigenvalue weighted by Gasteiger charge is -2.33. The van der Waals surface area contributed by atoms with Crippen molar-refractivity contribution in [2.24, 2.45) is 0 Å². The zero-order valence-corrected chi connectivity index (χ0v) is 19.1. The predicted octanol–water partition coefficient (Wildman–Crippen LogP) is 1.14. The highest BCUT2D eigenvalue weighted by Gasteiger charge is 2.44. The summed E-state index contributed by atoms with van der Waals surface area (Å²) in [5, 5.41) is 6.23. The van der Waals surface area contributed by atoms with Crippen LogP contribution in [0.1, 0.15) is 11.6 Å². The van der Waals surface area contributed by atoms with Gasteiger partial charge in [0.1, 0.15) is 6.54 Å². The van der Waals surface area contributed by atoms with Crippen LogP contribution in [0.5, 0.6) is 0 Å². The van der Waals surface area contributed by atoms with Crippen LogP contribution in [0.25, 0.3) is 0 Å². The highest BCUT2D eigenvalue weighted by Crippen LogP contribution is 2.38. The molecule has 1 aromatic rings. The van der Waals surface area contributed by atoms with Crippen molar-refractivity contribution in [2.45, 2.75) is 6.04 Å². The Morgan fingerprint density at radius 1 is 1.27 bits per heavy atom. The smallest absolute Gasteiger partial charge is 0.322 e. The molecule has 0 aliphatic carbocycles. The maximum atomic E-state index is 13.4. The first-order valence-corrected chi connectivity index (χ1v) is 11.4. The average molecular weight is 474 g/mol. The number of ether oxygens (including phenoxy) is 1. The summed E-state index contributed by atoms with van der Waals surface area (Å²) in [6, 6.07) is 6.10. The van der Waals surface area contributed by atoms with Gasteiger partial charge in [0.05, 0.1) is 37.1 Å². The summed E-state index contributed by atoms with van der Waals surface area (Å²) in [4.78, 5) is 43.9. The number of morpholine rings is 1. The Bertz CT molecular complexity index is 975. The van der Waals surface area contributed by atoms with Gasteiger partial charge >= 0.3 is 6.03 Å². The number of halogens is 1. The standard InChI is InChI=1S/C23H28ClN5O4/c1-2-8-29-18-14-28(15-19(30)25-7-9-27-10-12-33-13-11-27)22(31)20(18)21(26-23(29)32)16-5-3-4-6-17(16)24/h2-6,21H,1,7-15H2,(H,25,30)(H,26,32)/t21-/m1/s1. The molecule has 2 N–H and O–H groups in total. The van der Waals surface area contributed by atoms with Crippen LogP contribution in [0, 0.1) is 0 Å². The van der Waals surface area contributed by atoms with Gasteiger partial charge in [-0.25, -0.2) is 4.79 Å². The van der Waals surface area contributed by atoms with Crippen molar-refractivity contribution in [3.8, 4) is 0 Å². The average Bonchev–Trinajstić information content (AvgIpc) is 3.12. The minimum Gasteiger partial charge on any atom is -0.379 e. The normalized spacial score (nSPS) is 21.2. The van der Waals surface area contributed by atoms with E-state index in [1.54, 1.807) is 24.3 Å². The Morgan fingerprint density at radius 2 is 2.03 bits per heavy atom. The van der Waals surface area contributed by atoms with Crippen molar-refractivity contribution >= 4 is 29.4 Å². The van der Waals surface area contributed by atoms with E-state index in [9.17, 15) is 14.4 Å². The summed E-state index contributed by atoms with van der Waals surface area (Å²) in [5.74, 6) is -0.521. The molecular formula is C23H28ClN5O4. The Morgan fingerprint density at radius 3 is 2.76 bits per heavy atom. The van der Waals surface area contributed by atoms with E-state index in [1.807, 2.05) is 6.07 Å². The summed E-state index contributed by atoms with van der Waals surface area (Å²) in [5.41, 5.74) is 1.66. The molecule has 0 unspecified atom stereocenters. The van der Waals surface area contributed by atoms with E-state index in [0.29, 0.717) is 41.6 Å². The number of hydrogen-bond acceptors (Lipinski definition) is 5. The van der Waals surface area contributed by atoms with Gasteiger partial charge in [-0.3, -0.25) is 19.4 Å². The predicted molar refractivity (Wildman–Crippen MR) is 124 cm³/mol. The van der Waals surface area contributed by atoms with Gasteiger partial charge in [0.2, 0.25) is 5.91 Å². The fourth-order valence-electron chi connectivity index (χ4n) is 4.35. The number of rotatable bonds is 8. The van der Waals surface area contributed by atoms with Gasteiger partial charge < -0.3 is 20.3 Å². The first kappa shape index (κ1) is 23.3. The first-order chi connectivity index (χ1) is 16.0. The van der Waals surface area contributed by atoms with Gasteiger partial charge in [0, 0.05) is 37.7 Å². The van der Waals surface area contributed by atoms with E-state index in [1.165, 1.54) is 9.80 Å². The van der Waals surface area contributed by atoms with Crippen molar-refractivity contribution in [1.82, 2.24) is 25.3 Å². The van der Waals surface area contributed by atoms with Crippen LogP contribution in [0.2, 0.25) is 5.02 Å². The highest BCUT2D eigenvalue weighted by molar-refractivity contribution is 6.31. The molecule has 3 aliphatic rings. The largest absolute Gasteiger partial charge is 0.379 e. The first-order valence-electron chi connectivity index (χ1n) is 11.0. The zero-order chi connectivity index (χ0) is 23.4. The molecule has 0 spiro atoms. The number of amides is 4. The molecule has 3 heterocycles. The monoisotopic (exact) mass is 473 g/mol. The molecule has 10 heteroatoms. The summed E-state index contributed by atoms with van der Waals surface area (Å²) in [6.07, 6.45) is 1.60. The third-order valence-electron chi connectivity index (χ3n) is 6.01. The maximum Gasteiger partial charge on any atom is 0.322 e. The topological polar surface area (TPSA) is 94.2 Å². The summed E-state index contributed by atoms with van der Waals surface area (Å²) < 4.78 is 5.33. The van der Waals surface area contributed by atoms with Gasteiger partial charge in [-0.05, 0) is 11.6 Å². The number of nitrogens with zero attached hydrogens (tertiary/aromatic N) is 3. The number of nitrogens with one attached hydrogen (secondary N) is 2. The summed E-state index contributed by atoms with van der Waals surface area (Å²) >= 11 is 6.38. The van der Waals surface area contributed by atoms with Crippen molar-refractivity contribution in [2.75, 3.05) is 59.0 Å². The zero-order valence-electron chi connectivity index (χ0n) is 18.4. The van der Waals surface area contributed by atoms with Crippen molar-refractivity contribution in [3.05, 3.63) is 58.8 Å². The minimum absolute atomic E-state index is 0.0830. The number of hydrogen-bond donors (Lipinski definition) is 2. The molecule has 1 aromatic carbocycles. The second kappa shape index (κ2) is 10.4. The molecule has 1 fully saturated rings. The van der Waals surface area contributed by atoms with Crippen LogP contribution in [-0.4, -0.2) is 91.6 Å². The molecule has 0 aromatic heterocycles. The third-order valence-corrected chi connectivity index (χ3v) is 6.36.